The van der Waals surface area contributed by atoms with Crippen LogP contribution in [-0.2, 0) is 6.42 Å². The summed E-state index contributed by atoms with van der Waals surface area (Å²) in [5.41, 5.74) is 4.31. The molecule has 0 heterocycles. The van der Waals surface area contributed by atoms with Crippen LogP contribution in [0, 0.1) is 25.2 Å². The molecule has 3 heteroatoms. The Morgan fingerprint density at radius 2 is 1.85 bits per heavy atom. The number of hydrogen-bond donors (Lipinski definition) is 0. The van der Waals surface area contributed by atoms with Crippen LogP contribution in [0.25, 0.3) is 0 Å². The predicted octanol–water partition coefficient (Wildman–Crippen LogP) is 5.46. The quantitative estimate of drug-likeness (QED) is 0.738. The van der Waals surface area contributed by atoms with Gasteiger partial charge in [0.1, 0.15) is 0 Å². The highest BCUT2D eigenvalue weighted by atomic mass is 35.5. The molecule has 2 aromatic carbocycles. The van der Waals surface area contributed by atoms with Crippen LogP contribution < -0.4 is 0 Å². The second kappa shape index (κ2) is 6.31. The minimum absolute atomic E-state index is 0.200. The highest BCUT2D eigenvalue weighted by molar-refractivity contribution is 6.35. The molecule has 1 nitrogen and oxygen atoms in total. The second-order valence-electron chi connectivity index (χ2n) is 4.98. The molecule has 20 heavy (non-hydrogen) atoms. The van der Waals surface area contributed by atoms with Crippen LogP contribution >= 0.6 is 23.2 Å². The molecule has 0 fully saturated rings. The van der Waals surface area contributed by atoms with Gasteiger partial charge in [-0.1, -0.05) is 53.0 Å². The third-order valence-corrected chi connectivity index (χ3v) is 3.99. The van der Waals surface area contributed by atoms with Crippen molar-refractivity contribution in [3.63, 3.8) is 0 Å². The van der Waals surface area contributed by atoms with E-state index in [2.05, 4.69) is 24.3 Å². The molecular formula is C17H15Cl2N. The number of halogens is 2. The molecule has 0 saturated heterocycles. The van der Waals surface area contributed by atoms with Crippen molar-refractivity contribution in [3.05, 3.63) is 68.7 Å². The highest BCUT2D eigenvalue weighted by Crippen LogP contribution is 2.29. The lowest BCUT2D eigenvalue weighted by molar-refractivity contribution is 0.840. The van der Waals surface area contributed by atoms with E-state index in [1.807, 2.05) is 19.9 Å². The van der Waals surface area contributed by atoms with Gasteiger partial charge >= 0.3 is 0 Å². The zero-order valence-corrected chi connectivity index (χ0v) is 13.0. The number of nitriles is 1. The second-order valence-corrected chi connectivity index (χ2v) is 5.83. The van der Waals surface area contributed by atoms with Crippen molar-refractivity contribution in [1.29, 1.82) is 5.26 Å². The molecule has 0 aliphatic carbocycles. The maximum absolute atomic E-state index is 9.48. The van der Waals surface area contributed by atoms with E-state index in [0.717, 1.165) is 22.3 Å². The monoisotopic (exact) mass is 303 g/mol. The SMILES string of the molecule is Cc1ccc(C)c(C(C#N)Cc2ccc(Cl)cc2Cl)c1. The van der Waals surface area contributed by atoms with Crippen LogP contribution in [0.15, 0.2) is 36.4 Å². The molecule has 2 rings (SSSR count). The molecule has 0 saturated carbocycles. The number of hydrogen-bond acceptors (Lipinski definition) is 1. The first-order valence-electron chi connectivity index (χ1n) is 6.42. The van der Waals surface area contributed by atoms with Gasteiger partial charge in [-0.05, 0) is 49.1 Å². The summed E-state index contributed by atoms with van der Waals surface area (Å²) in [6, 6.07) is 14.0. The summed E-state index contributed by atoms with van der Waals surface area (Å²) in [6.07, 6.45) is 0.594. The maximum atomic E-state index is 9.48. The van der Waals surface area contributed by atoms with E-state index < -0.39 is 0 Å². The zero-order valence-electron chi connectivity index (χ0n) is 11.5. The van der Waals surface area contributed by atoms with Crippen molar-refractivity contribution in [2.24, 2.45) is 0 Å². The number of nitrogens with zero attached hydrogens (tertiary/aromatic N) is 1. The summed E-state index contributed by atoms with van der Waals surface area (Å²) in [7, 11) is 0. The summed E-state index contributed by atoms with van der Waals surface area (Å²) < 4.78 is 0. The first-order valence-corrected chi connectivity index (χ1v) is 7.17. The van der Waals surface area contributed by atoms with Gasteiger partial charge in [0.2, 0.25) is 0 Å². The van der Waals surface area contributed by atoms with Crippen LogP contribution in [0.3, 0.4) is 0 Å². The molecule has 0 radical (unpaired) electrons. The van der Waals surface area contributed by atoms with Crippen molar-refractivity contribution in [1.82, 2.24) is 0 Å². The lowest BCUT2D eigenvalue weighted by Gasteiger charge is -2.14. The fourth-order valence-electron chi connectivity index (χ4n) is 2.27. The molecule has 1 atom stereocenters. The van der Waals surface area contributed by atoms with Crippen LogP contribution in [0.4, 0.5) is 0 Å². The molecule has 0 aliphatic heterocycles. The molecule has 2 aromatic rings. The molecule has 0 spiro atoms. The standard InChI is InChI=1S/C17H15Cl2N/c1-11-3-4-12(2)16(7-11)14(10-20)8-13-5-6-15(18)9-17(13)19/h3-7,9,14H,8H2,1-2H3. The van der Waals surface area contributed by atoms with Crippen molar-refractivity contribution in [2.75, 3.05) is 0 Å². The third-order valence-electron chi connectivity index (χ3n) is 3.41. The predicted molar refractivity (Wildman–Crippen MR) is 84.4 cm³/mol. The fraction of sp³-hybridized carbons (Fsp3) is 0.235. The Kier molecular flexibility index (Phi) is 4.70. The lowest BCUT2D eigenvalue weighted by Crippen LogP contribution is -2.03. The summed E-state index contributed by atoms with van der Waals surface area (Å²) in [6.45, 7) is 4.06. The fourth-order valence-corrected chi connectivity index (χ4v) is 2.75. The van der Waals surface area contributed by atoms with E-state index >= 15 is 0 Å². The molecule has 0 bridgehead atoms. The van der Waals surface area contributed by atoms with Crippen LogP contribution in [0.2, 0.25) is 10.0 Å². The van der Waals surface area contributed by atoms with E-state index in [0.29, 0.717) is 16.5 Å². The third kappa shape index (κ3) is 3.33. The van der Waals surface area contributed by atoms with Crippen molar-refractivity contribution in [3.8, 4) is 6.07 Å². The molecule has 0 N–H and O–H groups in total. The van der Waals surface area contributed by atoms with Gasteiger partial charge in [-0.25, -0.2) is 0 Å². The van der Waals surface area contributed by atoms with Gasteiger partial charge in [0.05, 0.1) is 12.0 Å². The van der Waals surface area contributed by atoms with Crippen molar-refractivity contribution < 1.29 is 0 Å². The normalized spacial score (nSPS) is 11.9. The van der Waals surface area contributed by atoms with E-state index in [4.69, 9.17) is 23.2 Å². The lowest BCUT2D eigenvalue weighted by atomic mass is 9.89. The highest BCUT2D eigenvalue weighted by Gasteiger charge is 2.16. The molecule has 0 amide bonds. The van der Waals surface area contributed by atoms with Gasteiger partial charge in [0.15, 0.2) is 0 Å². The number of rotatable bonds is 3. The Balaban J connectivity index is 2.34. The Morgan fingerprint density at radius 1 is 1.10 bits per heavy atom. The van der Waals surface area contributed by atoms with Crippen molar-refractivity contribution in [2.45, 2.75) is 26.2 Å². The van der Waals surface area contributed by atoms with Gasteiger partial charge in [-0.15, -0.1) is 0 Å². The Hall–Kier alpha value is -1.49. The van der Waals surface area contributed by atoms with Gasteiger partial charge in [0.25, 0.3) is 0 Å². The van der Waals surface area contributed by atoms with E-state index in [-0.39, 0.29) is 5.92 Å². The minimum atomic E-state index is -0.200. The Morgan fingerprint density at radius 3 is 2.50 bits per heavy atom. The molecule has 1 unspecified atom stereocenters. The zero-order chi connectivity index (χ0) is 14.7. The first-order chi connectivity index (χ1) is 9.51. The first kappa shape index (κ1) is 14.9. The maximum Gasteiger partial charge on any atom is 0.0756 e. The molecule has 0 aromatic heterocycles. The summed E-state index contributed by atoms with van der Waals surface area (Å²) in [5.74, 6) is -0.200. The van der Waals surface area contributed by atoms with Crippen LogP contribution in [0.5, 0.6) is 0 Å². The molecule has 0 aliphatic rings. The topological polar surface area (TPSA) is 23.8 Å². The van der Waals surface area contributed by atoms with Crippen LogP contribution in [0.1, 0.15) is 28.2 Å². The number of aryl methyl sites for hydroxylation is 2. The van der Waals surface area contributed by atoms with Gasteiger partial charge in [-0.3, -0.25) is 0 Å². The van der Waals surface area contributed by atoms with E-state index in [9.17, 15) is 5.26 Å². The largest absolute Gasteiger partial charge is 0.198 e. The average molecular weight is 304 g/mol. The van der Waals surface area contributed by atoms with E-state index in [1.165, 1.54) is 0 Å². The minimum Gasteiger partial charge on any atom is -0.198 e. The smallest absolute Gasteiger partial charge is 0.0756 e. The summed E-state index contributed by atoms with van der Waals surface area (Å²) in [4.78, 5) is 0. The Bertz CT molecular complexity index is 671. The van der Waals surface area contributed by atoms with Gasteiger partial charge < -0.3 is 0 Å². The molecule has 102 valence electrons. The van der Waals surface area contributed by atoms with E-state index in [1.54, 1.807) is 12.1 Å². The van der Waals surface area contributed by atoms with Gasteiger partial charge in [0, 0.05) is 10.0 Å². The summed E-state index contributed by atoms with van der Waals surface area (Å²) in [5, 5.41) is 10.7. The average Bonchev–Trinajstić information content (AvgIpc) is 2.41. The summed E-state index contributed by atoms with van der Waals surface area (Å²) >= 11 is 12.1. The molecular weight excluding hydrogens is 289 g/mol. The van der Waals surface area contributed by atoms with Crippen LogP contribution in [-0.4, -0.2) is 0 Å². The van der Waals surface area contributed by atoms with Gasteiger partial charge in [-0.2, -0.15) is 5.26 Å². The van der Waals surface area contributed by atoms with Crippen molar-refractivity contribution >= 4 is 23.2 Å². The number of benzene rings is 2. The Labute approximate surface area is 129 Å².